The fraction of sp³-hybridized carbons (Fsp3) is 0.545. The van der Waals surface area contributed by atoms with Crippen molar-refractivity contribution in [2.24, 2.45) is 0 Å². The molecule has 1 saturated heterocycles. The van der Waals surface area contributed by atoms with Gasteiger partial charge >= 0.3 is 5.97 Å². The van der Waals surface area contributed by atoms with Gasteiger partial charge in [0.2, 0.25) is 5.76 Å². The Bertz CT molecular complexity index is 381. The molecule has 1 aliphatic heterocycles. The van der Waals surface area contributed by atoms with Gasteiger partial charge in [0.15, 0.2) is 0 Å². The summed E-state index contributed by atoms with van der Waals surface area (Å²) in [5.74, 6) is -0.211. The first-order valence-electron chi connectivity index (χ1n) is 5.42. The number of aryl methyl sites for hydroxylation is 1. The highest BCUT2D eigenvalue weighted by Gasteiger charge is 2.17. The summed E-state index contributed by atoms with van der Waals surface area (Å²) in [5, 5.41) is 12.1. The standard InChI is InChI=1S/C11H16N2O3/c1-8-6-9(11(14)15)16-10(8)7-13-4-2-12-3-5-13/h6,12H,2-5,7H2,1H3,(H,14,15). The van der Waals surface area contributed by atoms with Crippen LogP contribution >= 0.6 is 0 Å². The monoisotopic (exact) mass is 224 g/mol. The first kappa shape index (κ1) is 11.2. The van der Waals surface area contributed by atoms with Gasteiger partial charge < -0.3 is 14.8 Å². The van der Waals surface area contributed by atoms with E-state index in [9.17, 15) is 4.79 Å². The van der Waals surface area contributed by atoms with Gasteiger partial charge in [0.25, 0.3) is 0 Å². The highest BCUT2D eigenvalue weighted by atomic mass is 16.4. The highest BCUT2D eigenvalue weighted by Crippen LogP contribution is 2.16. The lowest BCUT2D eigenvalue weighted by Crippen LogP contribution is -2.42. The van der Waals surface area contributed by atoms with Crippen LogP contribution in [0.15, 0.2) is 10.5 Å². The van der Waals surface area contributed by atoms with E-state index in [0.29, 0.717) is 6.54 Å². The van der Waals surface area contributed by atoms with Crippen molar-refractivity contribution in [1.82, 2.24) is 10.2 Å². The van der Waals surface area contributed by atoms with Gasteiger partial charge in [-0.05, 0) is 18.6 Å². The van der Waals surface area contributed by atoms with Crippen molar-refractivity contribution >= 4 is 5.97 Å². The Labute approximate surface area is 94.0 Å². The lowest BCUT2D eigenvalue weighted by Gasteiger charge is -2.26. The van der Waals surface area contributed by atoms with E-state index in [-0.39, 0.29) is 5.76 Å². The Hall–Kier alpha value is -1.33. The predicted octanol–water partition coefficient (Wildman–Crippen LogP) is 0.691. The maximum absolute atomic E-state index is 10.7. The largest absolute Gasteiger partial charge is 0.475 e. The molecule has 0 bridgehead atoms. The van der Waals surface area contributed by atoms with Gasteiger partial charge in [0.1, 0.15) is 5.76 Å². The second kappa shape index (κ2) is 4.67. The van der Waals surface area contributed by atoms with E-state index in [1.54, 1.807) is 6.07 Å². The third-order valence-corrected chi connectivity index (χ3v) is 2.81. The van der Waals surface area contributed by atoms with Crippen LogP contribution in [0.1, 0.15) is 21.9 Å². The lowest BCUT2D eigenvalue weighted by molar-refractivity contribution is 0.0658. The predicted molar refractivity (Wildman–Crippen MR) is 58.6 cm³/mol. The lowest BCUT2D eigenvalue weighted by atomic mass is 10.2. The summed E-state index contributed by atoms with van der Waals surface area (Å²) in [5.41, 5.74) is 0.913. The number of rotatable bonds is 3. The Morgan fingerprint density at radius 1 is 1.56 bits per heavy atom. The van der Waals surface area contributed by atoms with Crippen molar-refractivity contribution in [2.75, 3.05) is 26.2 Å². The van der Waals surface area contributed by atoms with Crippen molar-refractivity contribution in [1.29, 1.82) is 0 Å². The second-order valence-electron chi connectivity index (χ2n) is 4.05. The van der Waals surface area contributed by atoms with Gasteiger partial charge in [0.05, 0.1) is 6.54 Å². The molecule has 1 aliphatic rings. The second-order valence-corrected chi connectivity index (χ2v) is 4.05. The minimum Gasteiger partial charge on any atom is -0.475 e. The van der Waals surface area contributed by atoms with Gasteiger partial charge in [-0.15, -0.1) is 0 Å². The summed E-state index contributed by atoms with van der Waals surface area (Å²) >= 11 is 0. The molecule has 2 heterocycles. The van der Waals surface area contributed by atoms with Crippen LogP contribution in [-0.2, 0) is 6.54 Å². The first-order chi connectivity index (χ1) is 7.66. The number of carboxylic acids is 1. The van der Waals surface area contributed by atoms with Crippen LogP contribution < -0.4 is 5.32 Å². The van der Waals surface area contributed by atoms with Gasteiger partial charge in [-0.2, -0.15) is 0 Å². The Morgan fingerprint density at radius 2 is 2.25 bits per heavy atom. The first-order valence-corrected chi connectivity index (χ1v) is 5.42. The number of nitrogens with one attached hydrogen (secondary N) is 1. The fourth-order valence-corrected chi connectivity index (χ4v) is 1.85. The van der Waals surface area contributed by atoms with E-state index in [2.05, 4.69) is 10.2 Å². The molecule has 5 nitrogen and oxygen atoms in total. The van der Waals surface area contributed by atoms with E-state index < -0.39 is 5.97 Å². The molecule has 0 aliphatic carbocycles. The number of carboxylic acid groups (broad SMARTS) is 1. The molecule has 0 radical (unpaired) electrons. The SMILES string of the molecule is Cc1cc(C(=O)O)oc1CN1CCNCC1. The zero-order chi connectivity index (χ0) is 11.5. The number of furan rings is 1. The number of nitrogens with zero attached hydrogens (tertiary/aromatic N) is 1. The van der Waals surface area contributed by atoms with E-state index in [0.717, 1.165) is 37.5 Å². The number of hydrogen-bond donors (Lipinski definition) is 2. The smallest absolute Gasteiger partial charge is 0.371 e. The Kier molecular flexibility index (Phi) is 3.26. The van der Waals surface area contributed by atoms with Crippen LogP contribution in [0, 0.1) is 6.92 Å². The summed E-state index contributed by atoms with van der Waals surface area (Å²) in [6.07, 6.45) is 0. The average molecular weight is 224 g/mol. The van der Waals surface area contributed by atoms with E-state index >= 15 is 0 Å². The van der Waals surface area contributed by atoms with Gasteiger partial charge in [-0.3, -0.25) is 4.90 Å². The molecule has 1 fully saturated rings. The molecule has 1 aromatic rings. The fourth-order valence-electron chi connectivity index (χ4n) is 1.85. The quantitative estimate of drug-likeness (QED) is 0.790. The highest BCUT2D eigenvalue weighted by molar-refractivity contribution is 5.84. The van der Waals surface area contributed by atoms with Gasteiger partial charge in [-0.25, -0.2) is 4.79 Å². The van der Waals surface area contributed by atoms with Crippen LogP contribution in [0.4, 0.5) is 0 Å². The molecule has 2 N–H and O–H groups in total. The van der Waals surface area contributed by atoms with Crippen LogP contribution in [-0.4, -0.2) is 42.2 Å². The summed E-state index contributed by atoms with van der Waals surface area (Å²) in [6.45, 7) is 6.48. The van der Waals surface area contributed by atoms with Crippen molar-refractivity contribution in [3.63, 3.8) is 0 Å². The maximum Gasteiger partial charge on any atom is 0.371 e. The van der Waals surface area contributed by atoms with E-state index in [1.807, 2.05) is 6.92 Å². The maximum atomic E-state index is 10.7. The van der Waals surface area contributed by atoms with Gasteiger partial charge in [-0.1, -0.05) is 0 Å². The van der Waals surface area contributed by atoms with Crippen LogP contribution in [0.5, 0.6) is 0 Å². The molecule has 5 heteroatoms. The topological polar surface area (TPSA) is 65.7 Å². The van der Waals surface area contributed by atoms with Crippen molar-refractivity contribution < 1.29 is 14.3 Å². The summed E-state index contributed by atoms with van der Waals surface area (Å²) < 4.78 is 5.32. The molecule has 0 aromatic carbocycles. The molecule has 0 spiro atoms. The average Bonchev–Trinajstić information content (AvgIpc) is 2.62. The zero-order valence-electron chi connectivity index (χ0n) is 9.32. The molecule has 88 valence electrons. The van der Waals surface area contributed by atoms with Crippen LogP contribution in [0.2, 0.25) is 0 Å². The summed E-state index contributed by atoms with van der Waals surface area (Å²) in [4.78, 5) is 13.0. The summed E-state index contributed by atoms with van der Waals surface area (Å²) in [6, 6.07) is 1.58. The molecular weight excluding hydrogens is 208 g/mol. The molecule has 0 amide bonds. The molecule has 1 aromatic heterocycles. The van der Waals surface area contributed by atoms with E-state index in [1.165, 1.54) is 0 Å². The van der Waals surface area contributed by atoms with Gasteiger partial charge in [0, 0.05) is 26.2 Å². The normalized spacial score (nSPS) is 17.6. The third-order valence-electron chi connectivity index (χ3n) is 2.81. The number of carbonyl (C=O) groups is 1. The molecule has 2 rings (SSSR count). The van der Waals surface area contributed by atoms with Crippen LogP contribution in [0.3, 0.4) is 0 Å². The Balaban J connectivity index is 2.05. The minimum absolute atomic E-state index is 0.0302. The molecule has 0 saturated carbocycles. The number of hydrogen-bond acceptors (Lipinski definition) is 4. The molecule has 16 heavy (non-hydrogen) atoms. The van der Waals surface area contributed by atoms with E-state index in [4.69, 9.17) is 9.52 Å². The number of aromatic carboxylic acids is 1. The van der Waals surface area contributed by atoms with Crippen molar-refractivity contribution in [3.05, 3.63) is 23.2 Å². The molecule has 0 unspecified atom stereocenters. The van der Waals surface area contributed by atoms with Crippen molar-refractivity contribution in [2.45, 2.75) is 13.5 Å². The number of piperazine rings is 1. The third kappa shape index (κ3) is 2.43. The molecular formula is C11H16N2O3. The Morgan fingerprint density at radius 3 is 2.81 bits per heavy atom. The minimum atomic E-state index is -1.00. The zero-order valence-corrected chi connectivity index (χ0v) is 9.32. The summed E-state index contributed by atoms with van der Waals surface area (Å²) in [7, 11) is 0. The molecule has 0 atom stereocenters. The van der Waals surface area contributed by atoms with Crippen molar-refractivity contribution in [3.8, 4) is 0 Å². The van der Waals surface area contributed by atoms with Crippen LogP contribution in [0.25, 0.3) is 0 Å².